The third-order valence-electron chi connectivity index (χ3n) is 3.72. The van der Waals surface area contributed by atoms with Gasteiger partial charge in [-0.05, 0) is 49.6 Å². The number of rotatable bonds is 10. The molecule has 0 fully saturated rings. The van der Waals surface area contributed by atoms with Crippen molar-refractivity contribution in [1.29, 1.82) is 0 Å². The van der Waals surface area contributed by atoms with Crippen LogP contribution >= 0.6 is 0 Å². The van der Waals surface area contributed by atoms with E-state index in [0.717, 1.165) is 35.6 Å². The third kappa shape index (κ3) is 6.87. The summed E-state index contributed by atoms with van der Waals surface area (Å²) >= 11 is 0. The van der Waals surface area contributed by atoms with E-state index in [1.165, 1.54) is 0 Å². The number of aryl methyl sites for hydroxylation is 1. The SMILES string of the molecule is CCCCOc1ccccc1NC(=O)CCCOc1cccc(C)c1. The van der Waals surface area contributed by atoms with Crippen LogP contribution in [0, 0.1) is 6.92 Å². The molecule has 0 aliphatic heterocycles. The molecule has 0 bridgehead atoms. The molecule has 0 saturated heterocycles. The minimum Gasteiger partial charge on any atom is -0.494 e. The minimum absolute atomic E-state index is 0.0283. The van der Waals surface area contributed by atoms with Crippen molar-refractivity contribution >= 4 is 11.6 Å². The van der Waals surface area contributed by atoms with Crippen LogP contribution in [0.2, 0.25) is 0 Å². The number of carbonyl (C=O) groups excluding carboxylic acids is 1. The minimum atomic E-state index is -0.0283. The summed E-state index contributed by atoms with van der Waals surface area (Å²) in [6.45, 7) is 5.33. The smallest absolute Gasteiger partial charge is 0.224 e. The Hall–Kier alpha value is -2.49. The third-order valence-corrected chi connectivity index (χ3v) is 3.72. The van der Waals surface area contributed by atoms with Gasteiger partial charge in [0.05, 0.1) is 18.9 Å². The Labute approximate surface area is 150 Å². The molecular formula is C21H27NO3. The second-order valence-corrected chi connectivity index (χ2v) is 6.01. The molecular weight excluding hydrogens is 314 g/mol. The lowest BCUT2D eigenvalue weighted by Gasteiger charge is -2.12. The van der Waals surface area contributed by atoms with Crippen LogP contribution < -0.4 is 14.8 Å². The van der Waals surface area contributed by atoms with Crippen LogP contribution in [-0.4, -0.2) is 19.1 Å². The zero-order valence-electron chi connectivity index (χ0n) is 15.1. The Morgan fingerprint density at radius 1 is 1.00 bits per heavy atom. The maximum Gasteiger partial charge on any atom is 0.224 e. The average molecular weight is 341 g/mol. The molecule has 0 saturated carbocycles. The van der Waals surface area contributed by atoms with Gasteiger partial charge in [0.25, 0.3) is 0 Å². The standard InChI is InChI=1S/C21H27NO3/c1-3-4-14-25-20-12-6-5-11-19(20)22-21(23)13-8-15-24-18-10-7-9-17(2)16-18/h5-7,9-12,16H,3-4,8,13-15H2,1-2H3,(H,22,23). The molecule has 1 amide bonds. The normalized spacial score (nSPS) is 10.3. The zero-order chi connectivity index (χ0) is 17.9. The summed E-state index contributed by atoms with van der Waals surface area (Å²) in [7, 11) is 0. The number of unbranched alkanes of at least 4 members (excludes halogenated alkanes) is 1. The Balaban J connectivity index is 1.74. The lowest BCUT2D eigenvalue weighted by Crippen LogP contribution is -2.14. The average Bonchev–Trinajstić information content (AvgIpc) is 2.60. The summed E-state index contributed by atoms with van der Waals surface area (Å²) in [4.78, 5) is 12.1. The van der Waals surface area contributed by atoms with Crippen molar-refractivity contribution in [2.75, 3.05) is 18.5 Å². The molecule has 25 heavy (non-hydrogen) atoms. The van der Waals surface area contributed by atoms with Gasteiger partial charge in [-0.3, -0.25) is 4.79 Å². The number of hydrogen-bond acceptors (Lipinski definition) is 3. The first-order chi connectivity index (χ1) is 12.2. The van der Waals surface area contributed by atoms with Crippen molar-refractivity contribution in [2.24, 2.45) is 0 Å². The predicted molar refractivity (Wildman–Crippen MR) is 101 cm³/mol. The van der Waals surface area contributed by atoms with Crippen LogP contribution in [0.4, 0.5) is 5.69 Å². The summed E-state index contributed by atoms with van der Waals surface area (Å²) in [5.74, 6) is 1.54. The maximum atomic E-state index is 12.1. The van der Waals surface area contributed by atoms with Gasteiger partial charge in [-0.1, -0.05) is 37.6 Å². The van der Waals surface area contributed by atoms with Crippen LogP contribution in [0.5, 0.6) is 11.5 Å². The monoisotopic (exact) mass is 341 g/mol. The first kappa shape index (κ1) is 18.8. The first-order valence-electron chi connectivity index (χ1n) is 8.90. The highest BCUT2D eigenvalue weighted by Crippen LogP contribution is 2.24. The largest absolute Gasteiger partial charge is 0.494 e. The van der Waals surface area contributed by atoms with E-state index >= 15 is 0 Å². The van der Waals surface area contributed by atoms with E-state index in [-0.39, 0.29) is 5.91 Å². The summed E-state index contributed by atoms with van der Waals surface area (Å²) in [5.41, 5.74) is 1.89. The number of anilines is 1. The number of amides is 1. The van der Waals surface area contributed by atoms with Gasteiger partial charge in [0, 0.05) is 6.42 Å². The van der Waals surface area contributed by atoms with Gasteiger partial charge in [0.2, 0.25) is 5.91 Å². The van der Waals surface area contributed by atoms with E-state index in [1.807, 2.05) is 55.5 Å². The Kier molecular flexibility index (Phi) is 7.83. The molecule has 0 spiro atoms. The molecule has 0 heterocycles. The molecule has 2 rings (SSSR count). The second kappa shape index (κ2) is 10.4. The van der Waals surface area contributed by atoms with Crippen molar-refractivity contribution in [2.45, 2.75) is 39.5 Å². The van der Waals surface area contributed by atoms with Crippen molar-refractivity contribution in [1.82, 2.24) is 0 Å². The fourth-order valence-corrected chi connectivity index (χ4v) is 2.36. The molecule has 0 aromatic heterocycles. The molecule has 134 valence electrons. The van der Waals surface area contributed by atoms with E-state index < -0.39 is 0 Å². The highest BCUT2D eigenvalue weighted by Gasteiger charge is 2.07. The number of ether oxygens (including phenoxy) is 2. The zero-order valence-corrected chi connectivity index (χ0v) is 15.1. The lowest BCUT2D eigenvalue weighted by molar-refractivity contribution is -0.116. The summed E-state index contributed by atoms with van der Waals surface area (Å²) in [6.07, 6.45) is 3.15. The quantitative estimate of drug-likeness (QED) is 0.621. The van der Waals surface area contributed by atoms with Gasteiger partial charge in [-0.15, -0.1) is 0 Å². The van der Waals surface area contributed by atoms with Crippen LogP contribution in [0.3, 0.4) is 0 Å². The van der Waals surface area contributed by atoms with E-state index in [4.69, 9.17) is 9.47 Å². The van der Waals surface area contributed by atoms with Crippen LogP contribution in [0.15, 0.2) is 48.5 Å². The highest BCUT2D eigenvalue weighted by atomic mass is 16.5. The number of para-hydroxylation sites is 2. The fraction of sp³-hybridized carbons (Fsp3) is 0.381. The predicted octanol–water partition coefficient (Wildman–Crippen LogP) is 4.97. The number of carbonyl (C=O) groups is 1. The molecule has 2 aromatic carbocycles. The summed E-state index contributed by atoms with van der Waals surface area (Å²) in [5, 5.41) is 2.93. The topological polar surface area (TPSA) is 47.6 Å². The Bertz CT molecular complexity index is 670. The summed E-state index contributed by atoms with van der Waals surface area (Å²) in [6, 6.07) is 15.5. The van der Waals surface area contributed by atoms with Crippen molar-refractivity contribution < 1.29 is 14.3 Å². The van der Waals surface area contributed by atoms with Gasteiger partial charge in [0.15, 0.2) is 0 Å². The van der Waals surface area contributed by atoms with Gasteiger partial charge in [-0.25, -0.2) is 0 Å². The van der Waals surface area contributed by atoms with E-state index in [2.05, 4.69) is 12.2 Å². The maximum absolute atomic E-state index is 12.1. The molecule has 0 aliphatic carbocycles. The fourth-order valence-electron chi connectivity index (χ4n) is 2.36. The van der Waals surface area contributed by atoms with Crippen LogP contribution in [0.25, 0.3) is 0 Å². The number of benzene rings is 2. The molecule has 0 radical (unpaired) electrons. The van der Waals surface area contributed by atoms with Crippen molar-refractivity contribution in [3.8, 4) is 11.5 Å². The number of hydrogen-bond donors (Lipinski definition) is 1. The van der Waals surface area contributed by atoms with Crippen LogP contribution in [0.1, 0.15) is 38.2 Å². The molecule has 1 N–H and O–H groups in total. The molecule has 0 aliphatic rings. The second-order valence-electron chi connectivity index (χ2n) is 6.01. The molecule has 4 heteroatoms. The molecule has 2 aromatic rings. The molecule has 0 atom stereocenters. The van der Waals surface area contributed by atoms with E-state index in [0.29, 0.717) is 26.1 Å². The van der Waals surface area contributed by atoms with E-state index in [9.17, 15) is 4.79 Å². The number of nitrogens with one attached hydrogen (secondary N) is 1. The van der Waals surface area contributed by atoms with Gasteiger partial charge >= 0.3 is 0 Å². The van der Waals surface area contributed by atoms with E-state index in [1.54, 1.807) is 0 Å². The summed E-state index contributed by atoms with van der Waals surface area (Å²) < 4.78 is 11.4. The van der Waals surface area contributed by atoms with Crippen LogP contribution in [-0.2, 0) is 4.79 Å². The lowest BCUT2D eigenvalue weighted by atomic mass is 10.2. The van der Waals surface area contributed by atoms with Gasteiger partial charge in [-0.2, -0.15) is 0 Å². The van der Waals surface area contributed by atoms with Gasteiger partial charge < -0.3 is 14.8 Å². The molecule has 4 nitrogen and oxygen atoms in total. The Morgan fingerprint density at radius 2 is 1.80 bits per heavy atom. The first-order valence-corrected chi connectivity index (χ1v) is 8.90. The molecule has 0 unspecified atom stereocenters. The van der Waals surface area contributed by atoms with Crippen molar-refractivity contribution in [3.63, 3.8) is 0 Å². The Morgan fingerprint density at radius 3 is 2.60 bits per heavy atom. The van der Waals surface area contributed by atoms with Gasteiger partial charge in [0.1, 0.15) is 11.5 Å². The van der Waals surface area contributed by atoms with Crippen molar-refractivity contribution in [3.05, 3.63) is 54.1 Å². The highest BCUT2D eigenvalue weighted by molar-refractivity contribution is 5.92.